The summed E-state index contributed by atoms with van der Waals surface area (Å²) in [6.45, 7) is 15.6. The van der Waals surface area contributed by atoms with E-state index in [1.165, 1.54) is 5.56 Å². The maximum absolute atomic E-state index is 7.50. The van der Waals surface area contributed by atoms with Crippen LogP contribution in [0.15, 0.2) is 42.5 Å². The Morgan fingerprint density at radius 2 is 1.19 bits per heavy atom. The van der Waals surface area contributed by atoms with Crippen LogP contribution in [0.3, 0.4) is 0 Å². The van der Waals surface area contributed by atoms with E-state index in [1.54, 1.807) is 14.2 Å². The first kappa shape index (κ1) is 29.3. The van der Waals surface area contributed by atoms with Gasteiger partial charge in [0, 0.05) is 22.6 Å². The van der Waals surface area contributed by atoms with E-state index in [2.05, 4.69) is 51.2 Å². The molecule has 0 bridgehead atoms. The van der Waals surface area contributed by atoms with Crippen LogP contribution in [0.1, 0.15) is 23.6 Å². The number of ether oxygens (including phenoxy) is 2. The Labute approximate surface area is 171 Å². The summed E-state index contributed by atoms with van der Waals surface area (Å²) in [7, 11) is 3.39. The van der Waals surface area contributed by atoms with Crippen molar-refractivity contribution in [1.82, 2.24) is 0 Å². The first-order valence-corrected chi connectivity index (χ1v) is 7.37. The second-order valence-electron chi connectivity index (χ2n) is 4.50. The molecule has 0 atom stereocenters. The molecular weight excluding hydrogens is 387 g/mol. The fraction of sp³-hybridized carbons (Fsp3) is 0.190. The van der Waals surface area contributed by atoms with E-state index in [0.29, 0.717) is 0 Å². The molecule has 0 N–H and O–H groups in total. The monoisotopic (exact) mass is 407 g/mol. The smallest absolute Gasteiger partial charge is 0 e. The summed E-state index contributed by atoms with van der Waals surface area (Å²) in [5.41, 5.74) is 3.34. The fourth-order valence-corrected chi connectivity index (χ4v) is 2.21. The zero-order valence-corrected chi connectivity index (χ0v) is 16.5. The third-order valence-electron chi connectivity index (χ3n) is 3.25. The number of hydrogen-bond acceptors (Lipinski definition) is 2. The Balaban J connectivity index is -0.000000749. The van der Waals surface area contributed by atoms with Gasteiger partial charge in [-0.3, -0.25) is 0 Å². The molecule has 0 unspecified atom stereocenters. The van der Waals surface area contributed by atoms with Crippen LogP contribution < -0.4 is 9.47 Å². The zero-order valence-electron chi connectivity index (χ0n) is 15.3. The Morgan fingerprint density at radius 3 is 1.56 bits per heavy atom. The summed E-state index contributed by atoms with van der Waals surface area (Å²) in [6, 6.07) is 14.3. The number of rotatable bonds is 5. The Morgan fingerprint density at radius 1 is 0.778 bits per heavy atom. The molecule has 0 aliphatic heterocycles. The van der Waals surface area contributed by atoms with Crippen LogP contribution in [0.5, 0.6) is 11.5 Å². The van der Waals surface area contributed by atoms with E-state index in [4.69, 9.17) is 23.4 Å². The van der Waals surface area contributed by atoms with Crippen LogP contribution in [0.4, 0.5) is 0 Å². The van der Waals surface area contributed by atoms with Crippen LogP contribution >= 0.6 is 0 Å². The minimum atomic E-state index is 0. The quantitative estimate of drug-likeness (QED) is 0.320. The third-order valence-corrected chi connectivity index (χ3v) is 3.25. The normalized spacial score (nSPS) is 8.19. The van der Waals surface area contributed by atoms with Crippen molar-refractivity contribution < 1.29 is 40.5 Å². The summed E-state index contributed by atoms with van der Waals surface area (Å²) in [6.07, 6.45) is 5.04. The minimum Gasteiger partial charge on any atom is 0 e. The molecule has 0 aromatic heterocycles. The Kier molecular flexibility index (Phi) is 21.5. The van der Waals surface area contributed by atoms with Gasteiger partial charge in [-0.05, 0) is 29.7 Å². The molecule has 5 nitrogen and oxygen atoms in total. The zero-order chi connectivity index (χ0) is 20.4. The predicted octanol–water partition coefficient (Wildman–Crippen LogP) is 4.32. The van der Waals surface area contributed by atoms with E-state index in [0.717, 1.165) is 29.0 Å². The van der Waals surface area contributed by atoms with E-state index < -0.39 is 0 Å². The van der Waals surface area contributed by atoms with Gasteiger partial charge in [-0.2, -0.15) is 0 Å². The van der Waals surface area contributed by atoms with Crippen molar-refractivity contribution in [2.24, 2.45) is 0 Å². The maximum Gasteiger partial charge on any atom is 0 e. The van der Waals surface area contributed by atoms with Crippen molar-refractivity contribution in [2.75, 3.05) is 14.2 Å². The summed E-state index contributed by atoms with van der Waals surface area (Å²) in [5, 5.41) is 0. The molecule has 0 saturated carbocycles. The molecule has 0 fully saturated rings. The molecule has 141 valence electrons. The van der Waals surface area contributed by atoms with E-state index in [1.807, 2.05) is 30.3 Å². The van der Waals surface area contributed by atoms with Gasteiger partial charge in [-0.1, -0.05) is 49.4 Å². The van der Waals surface area contributed by atoms with Crippen molar-refractivity contribution in [3.8, 4) is 11.5 Å². The van der Waals surface area contributed by atoms with Gasteiger partial charge in [0.2, 0.25) is 0 Å². The number of methoxy groups -OCH3 is 2. The molecule has 0 amide bonds. The van der Waals surface area contributed by atoms with Gasteiger partial charge in [-0.15, -0.1) is 0 Å². The van der Waals surface area contributed by atoms with Gasteiger partial charge in [-0.25, -0.2) is 0 Å². The average molecular weight is 407 g/mol. The number of hydrogen-bond donors (Lipinski definition) is 0. The van der Waals surface area contributed by atoms with E-state index in [-0.39, 0.29) is 17.1 Å². The first-order chi connectivity index (χ1) is 12.8. The van der Waals surface area contributed by atoms with E-state index in [9.17, 15) is 0 Å². The molecule has 0 heterocycles. The molecule has 2 rings (SSSR count). The van der Waals surface area contributed by atoms with Gasteiger partial charge in [0.15, 0.2) is 0 Å². The van der Waals surface area contributed by atoms with Crippen LogP contribution in [0.2, 0.25) is 0 Å². The first-order valence-electron chi connectivity index (χ1n) is 7.37. The standard InChI is InChI=1S/C18H20O2.3CO.Mn/c1-4-16-17(19-2)12-15(13-18(16)20-3)11-10-14-8-6-5-7-9-14;3*1-2;/h5-13H,4H2,1-3H3;;;;/b11-10+;;;;. The molecule has 2 aromatic carbocycles. The molecule has 0 aliphatic carbocycles. The van der Waals surface area contributed by atoms with Crippen LogP contribution in [0.25, 0.3) is 12.2 Å². The van der Waals surface area contributed by atoms with Crippen LogP contribution in [0, 0.1) is 20.0 Å². The second kappa shape index (κ2) is 19.8. The third kappa shape index (κ3) is 10.3. The fourth-order valence-electron chi connectivity index (χ4n) is 2.21. The summed E-state index contributed by atoms with van der Waals surface area (Å²) in [5.74, 6) is 1.75. The number of benzene rings is 2. The van der Waals surface area contributed by atoms with Gasteiger partial charge >= 0.3 is 33.9 Å². The summed E-state index contributed by atoms with van der Waals surface area (Å²) >= 11 is 0. The van der Waals surface area contributed by atoms with Crippen molar-refractivity contribution in [3.05, 3.63) is 79.1 Å². The summed E-state index contributed by atoms with van der Waals surface area (Å²) < 4.78 is 33.4. The van der Waals surface area contributed by atoms with E-state index >= 15 is 0 Å². The van der Waals surface area contributed by atoms with Crippen molar-refractivity contribution in [3.63, 3.8) is 0 Å². The second-order valence-corrected chi connectivity index (χ2v) is 4.50. The average Bonchev–Trinajstić information content (AvgIpc) is 2.76. The topological polar surface area (TPSA) is 78.2 Å². The van der Waals surface area contributed by atoms with Crippen molar-refractivity contribution >= 4 is 12.2 Å². The molecule has 2 aromatic rings. The van der Waals surface area contributed by atoms with Crippen molar-refractivity contribution in [1.29, 1.82) is 0 Å². The molecule has 27 heavy (non-hydrogen) atoms. The maximum atomic E-state index is 7.50. The van der Waals surface area contributed by atoms with Crippen molar-refractivity contribution in [2.45, 2.75) is 13.3 Å². The minimum absolute atomic E-state index is 0. The largest absolute Gasteiger partial charge is 0 e. The molecule has 0 saturated heterocycles. The van der Waals surface area contributed by atoms with Gasteiger partial charge in [0.25, 0.3) is 0 Å². The molecular formula is C21H20MnO5. The van der Waals surface area contributed by atoms with Crippen LogP contribution in [-0.4, -0.2) is 14.2 Å². The molecule has 1 radical (unpaired) electrons. The Bertz CT molecular complexity index is 679. The van der Waals surface area contributed by atoms with Crippen LogP contribution in [-0.2, 0) is 37.4 Å². The molecule has 0 spiro atoms. The SMILES string of the molecule is CCc1c(OC)cc(/C=C/c2ccccc2)cc1OC.[C-]#[O+].[C-]#[O+].[C-]#[O+].[Mn]. The summed E-state index contributed by atoms with van der Waals surface area (Å²) in [4.78, 5) is 0. The predicted molar refractivity (Wildman–Crippen MR) is 96.1 cm³/mol. The van der Waals surface area contributed by atoms with Gasteiger partial charge in [0.1, 0.15) is 11.5 Å². The van der Waals surface area contributed by atoms with Gasteiger partial charge in [0.05, 0.1) is 14.2 Å². The molecule has 6 heteroatoms. The molecule has 0 aliphatic rings. The van der Waals surface area contributed by atoms with Gasteiger partial charge < -0.3 is 9.47 Å². The Hall–Kier alpha value is -2.48.